The highest BCUT2D eigenvalue weighted by Gasteiger charge is 2.29. The molecular formula is C19H17F3N2O2. The Bertz CT molecular complexity index is 824. The van der Waals surface area contributed by atoms with Crippen LogP contribution in [0.1, 0.15) is 23.2 Å². The Morgan fingerprint density at radius 2 is 1.69 bits per heavy atom. The van der Waals surface area contributed by atoms with Crippen LogP contribution in [0.5, 0.6) is 0 Å². The van der Waals surface area contributed by atoms with E-state index in [1.807, 2.05) is 0 Å². The third-order valence-corrected chi connectivity index (χ3v) is 4.36. The van der Waals surface area contributed by atoms with Crippen LogP contribution in [-0.4, -0.2) is 29.8 Å². The lowest BCUT2D eigenvalue weighted by Crippen LogP contribution is -2.43. The molecule has 7 heteroatoms. The van der Waals surface area contributed by atoms with Crippen molar-refractivity contribution in [3.8, 4) is 0 Å². The van der Waals surface area contributed by atoms with E-state index in [9.17, 15) is 22.8 Å². The van der Waals surface area contributed by atoms with E-state index >= 15 is 0 Å². The first-order valence-electron chi connectivity index (χ1n) is 8.25. The molecule has 1 heterocycles. The maximum atomic E-state index is 13.7. The van der Waals surface area contributed by atoms with Crippen molar-refractivity contribution in [1.82, 2.24) is 4.90 Å². The standard InChI is InChI=1S/C19H17F3N2O2/c20-14-5-3-12(4-6-14)19(26)24-9-1-2-13(11-24)18(25)23-17-10-15(21)7-8-16(17)22/h3-8,10,13H,1-2,9,11H2,(H,23,25)/t13-/m0/s1. The number of likely N-dealkylation sites (tertiary alicyclic amines) is 1. The summed E-state index contributed by atoms with van der Waals surface area (Å²) >= 11 is 0. The fourth-order valence-electron chi connectivity index (χ4n) is 2.98. The molecule has 0 saturated carbocycles. The van der Waals surface area contributed by atoms with Gasteiger partial charge < -0.3 is 10.2 Å². The van der Waals surface area contributed by atoms with Gasteiger partial charge in [0.25, 0.3) is 5.91 Å². The number of piperidine rings is 1. The van der Waals surface area contributed by atoms with Crippen molar-refractivity contribution < 1.29 is 22.8 Å². The number of benzene rings is 2. The third-order valence-electron chi connectivity index (χ3n) is 4.36. The Morgan fingerprint density at radius 3 is 2.42 bits per heavy atom. The molecule has 1 saturated heterocycles. The molecule has 2 amide bonds. The number of nitrogens with zero attached hydrogens (tertiary/aromatic N) is 1. The maximum Gasteiger partial charge on any atom is 0.253 e. The lowest BCUT2D eigenvalue weighted by atomic mass is 9.96. The molecule has 0 aliphatic carbocycles. The van der Waals surface area contributed by atoms with E-state index in [2.05, 4.69) is 5.32 Å². The first kappa shape index (κ1) is 18.0. The number of carbonyl (C=O) groups excluding carboxylic acids is 2. The normalized spacial score (nSPS) is 17.0. The van der Waals surface area contributed by atoms with Crippen LogP contribution < -0.4 is 5.32 Å². The summed E-state index contributed by atoms with van der Waals surface area (Å²) in [6.45, 7) is 0.646. The smallest absolute Gasteiger partial charge is 0.253 e. The van der Waals surface area contributed by atoms with Crippen LogP contribution in [0.25, 0.3) is 0 Å². The maximum absolute atomic E-state index is 13.7. The molecular weight excluding hydrogens is 345 g/mol. The van der Waals surface area contributed by atoms with E-state index in [1.165, 1.54) is 29.2 Å². The van der Waals surface area contributed by atoms with Gasteiger partial charge in [-0.05, 0) is 49.2 Å². The van der Waals surface area contributed by atoms with E-state index in [-0.39, 0.29) is 18.1 Å². The topological polar surface area (TPSA) is 49.4 Å². The van der Waals surface area contributed by atoms with E-state index in [0.29, 0.717) is 24.9 Å². The van der Waals surface area contributed by atoms with Gasteiger partial charge in [0.1, 0.15) is 17.5 Å². The number of hydrogen-bond acceptors (Lipinski definition) is 2. The van der Waals surface area contributed by atoms with Crippen LogP contribution in [0.4, 0.5) is 18.9 Å². The average Bonchev–Trinajstić information content (AvgIpc) is 2.65. The van der Waals surface area contributed by atoms with Gasteiger partial charge in [-0.1, -0.05) is 0 Å². The molecule has 1 atom stereocenters. The number of rotatable bonds is 3. The van der Waals surface area contributed by atoms with Crippen molar-refractivity contribution >= 4 is 17.5 Å². The summed E-state index contributed by atoms with van der Waals surface area (Å²) in [5.74, 6) is -3.11. The lowest BCUT2D eigenvalue weighted by molar-refractivity contribution is -0.121. The predicted molar refractivity (Wildman–Crippen MR) is 90.0 cm³/mol. The van der Waals surface area contributed by atoms with Gasteiger partial charge in [0.15, 0.2) is 0 Å². The van der Waals surface area contributed by atoms with Crippen molar-refractivity contribution in [1.29, 1.82) is 0 Å². The molecule has 1 aliphatic heterocycles. The summed E-state index contributed by atoms with van der Waals surface area (Å²) in [4.78, 5) is 26.4. The fraction of sp³-hybridized carbons (Fsp3) is 0.263. The molecule has 26 heavy (non-hydrogen) atoms. The number of anilines is 1. The van der Waals surface area contributed by atoms with Crippen molar-refractivity contribution in [2.24, 2.45) is 5.92 Å². The zero-order valence-electron chi connectivity index (χ0n) is 13.8. The number of hydrogen-bond donors (Lipinski definition) is 1. The molecule has 0 radical (unpaired) electrons. The minimum atomic E-state index is -0.727. The molecule has 2 aromatic rings. The van der Waals surface area contributed by atoms with E-state index in [1.54, 1.807) is 0 Å². The summed E-state index contributed by atoms with van der Waals surface area (Å²) in [6.07, 6.45) is 1.15. The lowest BCUT2D eigenvalue weighted by Gasteiger charge is -2.32. The molecule has 1 aliphatic rings. The molecule has 0 bridgehead atoms. The molecule has 2 aromatic carbocycles. The van der Waals surface area contributed by atoms with Gasteiger partial charge in [-0.15, -0.1) is 0 Å². The molecule has 4 nitrogen and oxygen atoms in total. The molecule has 3 rings (SSSR count). The number of carbonyl (C=O) groups is 2. The molecule has 0 aromatic heterocycles. The van der Waals surface area contributed by atoms with Gasteiger partial charge in [0.05, 0.1) is 11.6 Å². The highest BCUT2D eigenvalue weighted by atomic mass is 19.1. The van der Waals surface area contributed by atoms with Crippen LogP contribution in [0, 0.1) is 23.4 Å². The van der Waals surface area contributed by atoms with Crippen LogP contribution >= 0.6 is 0 Å². The van der Waals surface area contributed by atoms with Gasteiger partial charge in [0.2, 0.25) is 5.91 Å². The second-order valence-electron chi connectivity index (χ2n) is 6.21. The molecule has 0 unspecified atom stereocenters. The Morgan fingerprint density at radius 1 is 1.00 bits per heavy atom. The highest BCUT2D eigenvalue weighted by molar-refractivity contribution is 5.96. The zero-order valence-corrected chi connectivity index (χ0v) is 13.8. The van der Waals surface area contributed by atoms with Crippen molar-refractivity contribution in [2.75, 3.05) is 18.4 Å². The second-order valence-corrected chi connectivity index (χ2v) is 6.21. The predicted octanol–water partition coefficient (Wildman–Crippen LogP) is 3.59. The van der Waals surface area contributed by atoms with Crippen LogP contribution in [0.3, 0.4) is 0 Å². The van der Waals surface area contributed by atoms with Crippen molar-refractivity contribution in [2.45, 2.75) is 12.8 Å². The van der Waals surface area contributed by atoms with Crippen molar-refractivity contribution in [3.63, 3.8) is 0 Å². The summed E-state index contributed by atoms with van der Waals surface area (Å²) in [7, 11) is 0. The Hall–Kier alpha value is -2.83. The number of nitrogens with one attached hydrogen (secondary N) is 1. The molecule has 1 N–H and O–H groups in total. The van der Waals surface area contributed by atoms with E-state index in [0.717, 1.165) is 18.2 Å². The van der Waals surface area contributed by atoms with Gasteiger partial charge in [-0.25, -0.2) is 13.2 Å². The summed E-state index contributed by atoms with van der Waals surface area (Å²) in [5.41, 5.74) is 0.112. The van der Waals surface area contributed by atoms with Crippen molar-refractivity contribution in [3.05, 3.63) is 65.5 Å². The zero-order chi connectivity index (χ0) is 18.7. The van der Waals surface area contributed by atoms with E-state index in [4.69, 9.17) is 0 Å². The molecule has 1 fully saturated rings. The summed E-state index contributed by atoms with van der Waals surface area (Å²) < 4.78 is 39.9. The van der Waals surface area contributed by atoms with Gasteiger partial charge in [-0.3, -0.25) is 9.59 Å². The quantitative estimate of drug-likeness (QED) is 0.907. The van der Waals surface area contributed by atoms with Gasteiger partial charge in [0, 0.05) is 24.7 Å². The summed E-state index contributed by atoms with van der Waals surface area (Å²) in [5, 5.41) is 2.39. The number of halogens is 3. The Balaban J connectivity index is 1.67. The monoisotopic (exact) mass is 362 g/mol. The van der Waals surface area contributed by atoms with Crippen LogP contribution in [0.15, 0.2) is 42.5 Å². The fourth-order valence-corrected chi connectivity index (χ4v) is 2.98. The highest BCUT2D eigenvalue weighted by Crippen LogP contribution is 2.22. The largest absolute Gasteiger partial charge is 0.338 e. The van der Waals surface area contributed by atoms with Gasteiger partial charge >= 0.3 is 0 Å². The molecule has 136 valence electrons. The minimum absolute atomic E-state index is 0.166. The first-order valence-corrected chi connectivity index (χ1v) is 8.25. The Labute approximate surface area is 148 Å². The molecule has 0 spiro atoms. The SMILES string of the molecule is O=C(Nc1cc(F)ccc1F)[C@H]1CCCN(C(=O)c2ccc(F)cc2)C1. The van der Waals surface area contributed by atoms with Crippen LogP contribution in [0.2, 0.25) is 0 Å². The average molecular weight is 362 g/mol. The second kappa shape index (κ2) is 7.59. The number of amides is 2. The summed E-state index contributed by atoms with van der Waals surface area (Å²) in [6, 6.07) is 8.01. The van der Waals surface area contributed by atoms with Gasteiger partial charge in [-0.2, -0.15) is 0 Å². The Kier molecular flexibility index (Phi) is 5.25. The minimum Gasteiger partial charge on any atom is -0.338 e. The van der Waals surface area contributed by atoms with Crippen LogP contribution in [-0.2, 0) is 4.79 Å². The third kappa shape index (κ3) is 4.04. The van der Waals surface area contributed by atoms with E-state index < -0.39 is 29.3 Å². The first-order chi connectivity index (χ1) is 12.4.